The highest BCUT2D eigenvalue weighted by atomic mass is 32.2. The summed E-state index contributed by atoms with van der Waals surface area (Å²) in [5.74, 6) is -0.636. The van der Waals surface area contributed by atoms with Crippen molar-refractivity contribution in [1.29, 1.82) is 0 Å². The fourth-order valence-electron chi connectivity index (χ4n) is 1.82. The van der Waals surface area contributed by atoms with Gasteiger partial charge in [-0.25, -0.2) is 0 Å². The maximum absolute atomic E-state index is 11.0. The minimum Gasteiger partial charge on any atom is -0.298 e. The first kappa shape index (κ1) is 18.7. The second kappa shape index (κ2) is 8.48. The molecule has 1 heterocycles. The SMILES string of the molecule is CSn1ccn(CS(=O)(=O)O)/c1=N/N=Nc1ccc(CN=[N+]=[N-])cc1. The Balaban J connectivity index is 2.24. The van der Waals surface area contributed by atoms with Crippen molar-refractivity contribution in [1.82, 2.24) is 8.54 Å². The lowest BCUT2D eigenvalue weighted by atomic mass is 10.2. The number of azide groups is 1. The van der Waals surface area contributed by atoms with Crippen LogP contribution in [-0.2, 0) is 22.5 Å². The lowest BCUT2D eigenvalue weighted by molar-refractivity contribution is 0.469. The zero-order valence-corrected chi connectivity index (χ0v) is 14.7. The molecule has 0 aliphatic carbocycles. The fraction of sp³-hybridized carbons (Fsp3) is 0.250. The summed E-state index contributed by atoms with van der Waals surface area (Å²) in [6.45, 7) is 0.245. The van der Waals surface area contributed by atoms with Crippen molar-refractivity contribution in [3.8, 4) is 0 Å². The Morgan fingerprint density at radius 3 is 2.60 bits per heavy atom. The van der Waals surface area contributed by atoms with E-state index in [0.29, 0.717) is 5.69 Å². The van der Waals surface area contributed by atoms with E-state index in [1.165, 1.54) is 22.7 Å². The topological polar surface area (TPSA) is 150 Å². The minimum absolute atomic E-state index is 0.203. The Bertz CT molecular complexity index is 969. The summed E-state index contributed by atoms with van der Waals surface area (Å²) in [7, 11) is -4.21. The maximum Gasteiger partial charge on any atom is 0.283 e. The van der Waals surface area contributed by atoms with E-state index in [1.807, 2.05) is 0 Å². The van der Waals surface area contributed by atoms with Crippen LogP contribution in [0.1, 0.15) is 5.56 Å². The molecule has 0 unspecified atom stereocenters. The standard InChI is InChI=1S/C12H14N8O3S2/c1-24-20-7-6-19(9-25(21,22)23)12(20)16-18-15-11-4-2-10(3-5-11)8-14-17-13/h2-7H,8-9H2,1H3,(H,21,22,23)/b16-12-,18-15?. The van der Waals surface area contributed by atoms with Gasteiger partial charge in [-0.05, 0) is 40.4 Å². The number of hydrogen-bond donors (Lipinski definition) is 1. The highest BCUT2D eigenvalue weighted by Gasteiger charge is 2.09. The van der Waals surface area contributed by atoms with Crippen LogP contribution in [0.25, 0.3) is 10.4 Å². The van der Waals surface area contributed by atoms with Gasteiger partial charge < -0.3 is 0 Å². The number of hydrogen-bond acceptors (Lipinski definition) is 6. The Kier molecular flexibility index (Phi) is 6.36. The molecule has 0 saturated carbocycles. The zero-order valence-electron chi connectivity index (χ0n) is 13.0. The van der Waals surface area contributed by atoms with Crippen molar-refractivity contribution >= 4 is 27.8 Å². The number of nitrogens with zero attached hydrogens (tertiary/aromatic N) is 8. The van der Waals surface area contributed by atoms with Crippen LogP contribution in [0.2, 0.25) is 0 Å². The quantitative estimate of drug-likeness (QED) is 0.257. The van der Waals surface area contributed by atoms with Gasteiger partial charge in [-0.3, -0.25) is 13.1 Å². The van der Waals surface area contributed by atoms with Gasteiger partial charge in [0.1, 0.15) is 0 Å². The predicted molar refractivity (Wildman–Crippen MR) is 92.3 cm³/mol. The second-order valence-electron chi connectivity index (χ2n) is 4.63. The highest BCUT2D eigenvalue weighted by Crippen LogP contribution is 2.14. The first-order chi connectivity index (χ1) is 11.9. The van der Waals surface area contributed by atoms with Crippen molar-refractivity contribution < 1.29 is 13.0 Å². The van der Waals surface area contributed by atoms with Gasteiger partial charge in [-0.1, -0.05) is 22.3 Å². The van der Waals surface area contributed by atoms with Crippen molar-refractivity contribution in [2.24, 2.45) is 20.6 Å². The maximum atomic E-state index is 11.0. The highest BCUT2D eigenvalue weighted by molar-refractivity contribution is 7.97. The van der Waals surface area contributed by atoms with Gasteiger partial charge in [0.25, 0.3) is 10.1 Å². The summed E-state index contributed by atoms with van der Waals surface area (Å²) >= 11 is 1.28. The lowest BCUT2D eigenvalue weighted by Crippen LogP contribution is -2.25. The van der Waals surface area contributed by atoms with Crippen molar-refractivity contribution in [3.05, 3.63) is 58.3 Å². The van der Waals surface area contributed by atoms with Crippen LogP contribution in [0.15, 0.2) is 57.2 Å². The third kappa shape index (κ3) is 5.76. The van der Waals surface area contributed by atoms with E-state index >= 15 is 0 Å². The average Bonchev–Trinajstić information content (AvgIpc) is 2.94. The molecule has 132 valence electrons. The molecule has 1 aromatic carbocycles. The summed E-state index contributed by atoms with van der Waals surface area (Å²) in [6.07, 6.45) is 4.83. The largest absolute Gasteiger partial charge is 0.298 e. The molecule has 1 aromatic heterocycles. The number of rotatable bonds is 7. The number of imidazole rings is 1. The third-order valence-electron chi connectivity index (χ3n) is 2.88. The normalized spacial score (nSPS) is 12.5. The molecule has 11 nitrogen and oxygen atoms in total. The van der Waals surface area contributed by atoms with Gasteiger partial charge in [0.2, 0.25) is 5.62 Å². The summed E-state index contributed by atoms with van der Waals surface area (Å²) < 4.78 is 33.9. The van der Waals surface area contributed by atoms with Crippen LogP contribution >= 0.6 is 11.9 Å². The number of benzene rings is 1. The second-order valence-corrected chi connectivity index (χ2v) is 6.81. The Morgan fingerprint density at radius 2 is 2.00 bits per heavy atom. The average molecular weight is 382 g/mol. The summed E-state index contributed by atoms with van der Waals surface area (Å²) in [6, 6.07) is 6.85. The Morgan fingerprint density at radius 1 is 1.28 bits per heavy atom. The molecule has 25 heavy (non-hydrogen) atoms. The van der Waals surface area contributed by atoms with Gasteiger partial charge in [-0.15, -0.1) is 5.11 Å². The molecular formula is C12H14N8O3S2. The molecule has 0 fully saturated rings. The zero-order chi connectivity index (χ0) is 18.3. The first-order valence-corrected chi connectivity index (χ1v) is 9.54. The summed E-state index contributed by atoms with van der Waals surface area (Å²) in [5, 5.41) is 15.0. The molecule has 0 amide bonds. The number of aromatic nitrogens is 2. The third-order valence-corrected chi connectivity index (χ3v) is 4.17. The minimum atomic E-state index is -4.21. The van der Waals surface area contributed by atoms with Gasteiger partial charge in [-0.2, -0.15) is 8.42 Å². The van der Waals surface area contributed by atoms with Crippen LogP contribution in [0.4, 0.5) is 5.69 Å². The van der Waals surface area contributed by atoms with E-state index in [9.17, 15) is 8.42 Å². The smallest absolute Gasteiger partial charge is 0.283 e. The molecule has 0 bridgehead atoms. The van der Waals surface area contributed by atoms with Gasteiger partial charge in [0.15, 0.2) is 5.88 Å². The van der Waals surface area contributed by atoms with Gasteiger partial charge in [0.05, 0.1) is 12.2 Å². The Labute approximate surface area is 147 Å². The van der Waals surface area contributed by atoms with E-state index in [4.69, 9.17) is 10.1 Å². The molecule has 0 spiro atoms. The van der Waals surface area contributed by atoms with Crippen LogP contribution < -0.4 is 5.62 Å². The first-order valence-electron chi connectivity index (χ1n) is 6.75. The predicted octanol–water partition coefficient (Wildman–Crippen LogP) is 2.67. The lowest BCUT2D eigenvalue weighted by Gasteiger charge is -2.00. The van der Waals surface area contributed by atoms with E-state index in [-0.39, 0.29) is 12.2 Å². The van der Waals surface area contributed by atoms with E-state index in [2.05, 4.69) is 25.5 Å². The molecule has 2 aromatic rings. The Hall–Kier alpha value is -2.60. The molecular weight excluding hydrogens is 368 g/mol. The molecule has 0 radical (unpaired) electrons. The van der Waals surface area contributed by atoms with Crippen LogP contribution in [-0.4, -0.2) is 27.8 Å². The van der Waals surface area contributed by atoms with Gasteiger partial charge in [0, 0.05) is 23.6 Å². The van der Waals surface area contributed by atoms with E-state index in [1.54, 1.807) is 40.7 Å². The fourth-order valence-corrected chi connectivity index (χ4v) is 2.85. The van der Waals surface area contributed by atoms with Crippen molar-refractivity contribution in [2.75, 3.05) is 6.26 Å². The van der Waals surface area contributed by atoms with E-state index in [0.717, 1.165) is 5.56 Å². The van der Waals surface area contributed by atoms with Crippen molar-refractivity contribution in [3.63, 3.8) is 0 Å². The van der Waals surface area contributed by atoms with Gasteiger partial charge >= 0.3 is 0 Å². The van der Waals surface area contributed by atoms with Crippen molar-refractivity contribution in [2.45, 2.75) is 12.4 Å². The van der Waals surface area contributed by atoms with Crippen LogP contribution in [0.3, 0.4) is 0 Å². The van der Waals surface area contributed by atoms with Crippen LogP contribution in [0.5, 0.6) is 0 Å². The monoisotopic (exact) mass is 382 g/mol. The molecule has 0 atom stereocenters. The molecule has 0 saturated heterocycles. The molecule has 13 heteroatoms. The van der Waals surface area contributed by atoms with Crippen LogP contribution in [0, 0.1) is 0 Å². The summed E-state index contributed by atoms with van der Waals surface area (Å²) in [4.78, 5) is 2.68. The molecule has 1 N–H and O–H groups in total. The molecule has 2 rings (SSSR count). The molecule has 0 aliphatic rings. The summed E-state index contributed by atoms with van der Waals surface area (Å²) in [5.41, 5.74) is 9.84. The van der Waals surface area contributed by atoms with E-state index < -0.39 is 16.0 Å². The molecule has 0 aliphatic heterocycles.